The van der Waals surface area contributed by atoms with Gasteiger partial charge in [0.1, 0.15) is 0 Å². The van der Waals surface area contributed by atoms with Gasteiger partial charge in [-0.25, -0.2) is 0 Å². The van der Waals surface area contributed by atoms with Crippen molar-refractivity contribution in [1.82, 2.24) is 10.2 Å². The number of carbonyl (C=O) groups excluding carboxylic acids is 1. The Hall–Kier alpha value is -1.39. The van der Waals surface area contributed by atoms with E-state index in [0.29, 0.717) is 25.4 Å². The summed E-state index contributed by atoms with van der Waals surface area (Å²) in [5, 5.41) is 13.7. The van der Waals surface area contributed by atoms with E-state index in [2.05, 4.69) is 50.4 Å². The SMILES string of the molecule is CCc1ccc(C(NCC(O)CN2CCCC2=O)C(C)C)cc1. The van der Waals surface area contributed by atoms with Crippen molar-refractivity contribution < 1.29 is 9.90 Å². The minimum Gasteiger partial charge on any atom is -0.390 e. The number of aliphatic hydroxyl groups is 1. The van der Waals surface area contributed by atoms with Gasteiger partial charge < -0.3 is 15.3 Å². The Labute approximate surface area is 139 Å². The van der Waals surface area contributed by atoms with Gasteiger partial charge in [-0.05, 0) is 29.9 Å². The third-order valence-corrected chi connectivity index (χ3v) is 4.59. The molecule has 0 radical (unpaired) electrons. The number of hydrogen-bond donors (Lipinski definition) is 2. The molecule has 0 bridgehead atoms. The van der Waals surface area contributed by atoms with E-state index in [-0.39, 0.29) is 11.9 Å². The predicted molar refractivity (Wildman–Crippen MR) is 93.2 cm³/mol. The molecule has 2 rings (SSSR count). The first-order valence-corrected chi connectivity index (χ1v) is 8.79. The average molecular weight is 318 g/mol. The Bertz CT molecular complexity index is 499. The van der Waals surface area contributed by atoms with E-state index < -0.39 is 6.10 Å². The van der Waals surface area contributed by atoms with Crippen molar-refractivity contribution in [2.24, 2.45) is 5.92 Å². The number of aliphatic hydroxyl groups excluding tert-OH is 1. The number of nitrogens with zero attached hydrogens (tertiary/aromatic N) is 1. The predicted octanol–water partition coefficient (Wildman–Crippen LogP) is 2.52. The summed E-state index contributed by atoms with van der Waals surface area (Å²) in [6.07, 6.45) is 2.06. The summed E-state index contributed by atoms with van der Waals surface area (Å²) in [4.78, 5) is 13.4. The molecule has 4 heteroatoms. The molecule has 2 atom stereocenters. The molecular weight excluding hydrogens is 288 g/mol. The molecule has 1 amide bonds. The number of carbonyl (C=O) groups is 1. The van der Waals surface area contributed by atoms with Crippen LogP contribution in [0.1, 0.15) is 50.8 Å². The molecule has 23 heavy (non-hydrogen) atoms. The van der Waals surface area contributed by atoms with Gasteiger partial charge in [0.15, 0.2) is 0 Å². The number of β-amino-alcohol motifs (C(OH)–C–C–N with tert-alkyl or cyclic N) is 1. The summed E-state index contributed by atoms with van der Waals surface area (Å²) < 4.78 is 0. The highest BCUT2D eigenvalue weighted by Crippen LogP contribution is 2.22. The zero-order chi connectivity index (χ0) is 16.8. The molecule has 0 spiro atoms. The maximum atomic E-state index is 11.6. The van der Waals surface area contributed by atoms with Gasteiger partial charge in [-0.1, -0.05) is 45.0 Å². The van der Waals surface area contributed by atoms with E-state index >= 15 is 0 Å². The minimum atomic E-state index is -0.520. The Balaban J connectivity index is 1.89. The van der Waals surface area contributed by atoms with Crippen LogP contribution in [0.2, 0.25) is 0 Å². The highest BCUT2D eigenvalue weighted by Gasteiger charge is 2.23. The van der Waals surface area contributed by atoms with Crippen LogP contribution in [0, 0.1) is 5.92 Å². The molecule has 1 aliphatic heterocycles. The Morgan fingerprint density at radius 3 is 2.48 bits per heavy atom. The van der Waals surface area contributed by atoms with Crippen LogP contribution in [0.15, 0.2) is 24.3 Å². The van der Waals surface area contributed by atoms with Gasteiger partial charge in [-0.2, -0.15) is 0 Å². The largest absolute Gasteiger partial charge is 0.390 e. The summed E-state index contributed by atoms with van der Waals surface area (Å²) >= 11 is 0. The van der Waals surface area contributed by atoms with Gasteiger partial charge in [-0.15, -0.1) is 0 Å². The van der Waals surface area contributed by atoms with E-state index in [1.807, 2.05) is 0 Å². The van der Waals surface area contributed by atoms with Crippen LogP contribution in [-0.2, 0) is 11.2 Å². The van der Waals surface area contributed by atoms with Crippen molar-refractivity contribution in [3.8, 4) is 0 Å². The van der Waals surface area contributed by atoms with Crippen LogP contribution < -0.4 is 5.32 Å². The van der Waals surface area contributed by atoms with Crippen molar-refractivity contribution in [2.45, 2.75) is 52.2 Å². The smallest absolute Gasteiger partial charge is 0.222 e. The number of amides is 1. The number of hydrogen-bond acceptors (Lipinski definition) is 3. The normalized spacial score (nSPS) is 17.8. The quantitative estimate of drug-likeness (QED) is 0.774. The summed E-state index contributed by atoms with van der Waals surface area (Å²) in [7, 11) is 0. The van der Waals surface area contributed by atoms with Gasteiger partial charge in [0.25, 0.3) is 0 Å². The van der Waals surface area contributed by atoms with E-state index in [1.165, 1.54) is 11.1 Å². The fourth-order valence-corrected chi connectivity index (χ4v) is 3.18. The van der Waals surface area contributed by atoms with E-state index in [9.17, 15) is 9.90 Å². The van der Waals surface area contributed by atoms with Gasteiger partial charge in [0.05, 0.1) is 6.10 Å². The number of aryl methyl sites for hydroxylation is 1. The van der Waals surface area contributed by atoms with Crippen molar-refractivity contribution in [3.05, 3.63) is 35.4 Å². The van der Waals surface area contributed by atoms with E-state index in [0.717, 1.165) is 19.4 Å². The Morgan fingerprint density at radius 2 is 1.96 bits per heavy atom. The maximum absolute atomic E-state index is 11.6. The third-order valence-electron chi connectivity index (χ3n) is 4.59. The standard InChI is InChI=1S/C19H30N2O2/c1-4-15-7-9-16(10-8-15)19(14(2)3)20-12-17(22)13-21-11-5-6-18(21)23/h7-10,14,17,19-20,22H,4-6,11-13H2,1-3H3. The van der Waals surface area contributed by atoms with Gasteiger partial charge in [0, 0.05) is 32.1 Å². The molecule has 1 saturated heterocycles. The lowest BCUT2D eigenvalue weighted by atomic mass is 9.94. The lowest BCUT2D eigenvalue weighted by Crippen LogP contribution is -2.40. The average Bonchev–Trinajstić information content (AvgIpc) is 2.93. The molecule has 0 aliphatic carbocycles. The number of nitrogens with one attached hydrogen (secondary N) is 1. The number of benzene rings is 1. The van der Waals surface area contributed by atoms with Gasteiger partial charge in [-0.3, -0.25) is 4.79 Å². The van der Waals surface area contributed by atoms with Crippen LogP contribution >= 0.6 is 0 Å². The van der Waals surface area contributed by atoms with Crippen molar-refractivity contribution in [2.75, 3.05) is 19.6 Å². The Kier molecular flexibility index (Phi) is 6.60. The second-order valence-electron chi connectivity index (χ2n) is 6.82. The lowest BCUT2D eigenvalue weighted by molar-refractivity contribution is -0.128. The second-order valence-corrected chi connectivity index (χ2v) is 6.82. The molecule has 1 aromatic carbocycles. The fourth-order valence-electron chi connectivity index (χ4n) is 3.18. The minimum absolute atomic E-state index is 0.166. The molecule has 0 aromatic heterocycles. The van der Waals surface area contributed by atoms with Crippen molar-refractivity contribution in [3.63, 3.8) is 0 Å². The summed E-state index contributed by atoms with van der Waals surface area (Å²) in [6, 6.07) is 8.90. The molecular formula is C19H30N2O2. The highest BCUT2D eigenvalue weighted by molar-refractivity contribution is 5.78. The third kappa shape index (κ3) is 5.05. The van der Waals surface area contributed by atoms with Crippen LogP contribution in [0.5, 0.6) is 0 Å². The Morgan fingerprint density at radius 1 is 1.26 bits per heavy atom. The number of likely N-dealkylation sites (tertiary alicyclic amines) is 1. The summed E-state index contributed by atoms with van der Waals surface area (Å²) in [5.74, 6) is 0.600. The van der Waals surface area contributed by atoms with Crippen molar-refractivity contribution >= 4 is 5.91 Å². The first kappa shape index (κ1) is 18.0. The molecule has 1 aromatic rings. The summed E-state index contributed by atoms with van der Waals surface area (Å²) in [6.45, 7) is 8.24. The molecule has 2 N–H and O–H groups in total. The van der Waals surface area contributed by atoms with E-state index in [1.54, 1.807) is 4.90 Å². The zero-order valence-corrected chi connectivity index (χ0v) is 14.6. The molecule has 1 heterocycles. The molecule has 0 saturated carbocycles. The summed E-state index contributed by atoms with van der Waals surface area (Å²) in [5.41, 5.74) is 2.59. The zero-order valence-electron chi connectivity index (χ0n) is 14.6. The molecule has 1 aliphatic rings. The maximum Gasteiger partial charge on any atom is 0.222 e. The monoisotopic (exact) mass is 318 g/mol. The number of rotatable bonds is 8. The first-order chi connectivity index (χ1) is 11.0. The van der Waals surface area contributed by atoms with Gasteiger partial charge in [0.2, 0.25) is 5.91 Å². The topological polar surface area (TPSA) is 52.6 Å². The molecule has 1 fully saturated rings. The molecule has 128 valence electrons. The lowest BCUT2D eigenvalue weighted by Gasteiger charge is -2.26. The van der Waals surface area contributed by atoms with E-state index in [4.69, 9.17) is 0 Å². The van der Waals surface area contributed by atoms with Crippen LogP contribution in [0.3, 0.4) is 0 Å². The molecule has 4 nitrogen and oxygen atoms in total. The molecule has 2 unspecified atom stereocenters. The highest BCUT2D eigenvalue weighted by atomic mass is 16.3. The second kappa shape index (κ2) is 8.46. The fraction of sp³-hybridized carbons (Fsp3) is 0.632. The van der Waals surface area contributed by atoms with Crippen LogP contribution in [0.4, 0.5) is 0 Å². The van der Waals surface area contributed by atoms with Crippen LogP contribution in [0.25, 0.3) is 0 Å². The van der Waals surface area contributed by atoms with Gasteiger partial charge >= 0.3 is 0 Å². The van der Waals surface area contributed by atoms with Crippen LogP contribution in [-0.4, -0.2) is 41.7 Å². The first-order valence-electron chi connectivity index (χ1n) is 8.79. The van der Waals surface area contributed by atoms with Crippen molar-refractivity contribution in [1.29, 1.82) is 0 Å².